The van der Waals surface area contributed by atoms with Crippen molar-refractivity contribution in [2.45, 2.75) is 52.1 Å². The largest absolute Gasteiger partial charge is 0.357 e. The van der Waals surface area contributed by atoms with Crippen LogP contribution in [0.5, 0.6) is 0 Å². The molecule has 0 spiro atoms. The maximum absolute atomic E-state index is 6.22. The molecule has 1 saturated carbocycles. The van der Waals surface area contributed by atoms with Crippen LogP contribution in [-0.4, -0.2) is 24.6 Å². The Balaban J connectivity index is 2.07. The molecule has 112 valence electrons. The van der Waals surface area contributed by atoms with E-state index in [4.69, 9.17) is 11.6 Å². The van der Waals surface area contributed by atoms with Crippen LogP contribution in [0.25, 0.3) is 0 Å². The molecule has 4 heteroatoms. The summed E-state index contributed by atoms with van der Waals surface area (Å²) >= 11 is 6.22. The van der Waals surface area contributed by atoms with Crippen LogP contribution in [0.4, 0.5) is 5.82 Å². The zero-order valence-corrected chi connectivity index (χ0v) is 13.6. The molecule has 0 radical (unpaired) electrons. The maximum Gasteiger partial charge on any atom is 0.128 e. The van der Waals surface area contributed by atoms with E-state index < -0.39 is 0 Å². The Bertz CT molecular complexity index is 428. The number of rotatable bonds is 5. The first-order chi connectivity index (χ1) is 9.61. The van der Waals surface area contributed by atoms with Crippen molar-refractivity contribution < 1.29 is 0 Å². The first kappa shape index (κ1) is 15.6. The summed E-state index contributed by atoms with van der Waals surface area (Å²) < 4.78 is 0. The zero-order valence-electron chi connectivity index (χ0n) is 12.8. The molecule has 2 rings (SSSR count). The number of aromatic nitrogens is 1. The molecule has 0 bridgehead atoms. The van der Waals surface area contributed by atoms with Crippen molar-refractivity contribution in [2.75, 3.05) is 18.5 Å². The lowest BCUT2D eigenvalue weighted by Crippen LogP contribution is -2.35. The molecule has 0 aromatic carbocycles. The summed E-state index contributed by atoms with van der Waals surface area (Å²) in [6, 6.07) is 2.75. The molecular formula is C16H26ClN3. The molecule has 1 heterocycles. The van der Waals surface area contributed by atoms with Gasteiger partial charge >= 0.3 is 0 Å². The van der Waals surface area contributed by atoms with Crippen LogP contribution in [0.2, 0.25) is 5.02 Å². The predicted molar refractivity (Wildman–Crippen MR) is 86.5 cm³/mol. The second-order valence-electron chi connectivity index (χ2n) is 5.94. The highest BCUT2D eigenvalue weighted by Crippen LogP contribution is 2.29. The minimum Gasteiger partial charge on any atom is -0.357 e. The van der Waals surface area contributed by atoms with E-state index in [-0.39, 0.29) is 0 Å². The van der Waals surface area contributed by atoms with Crippen LogP contribution in [0, 0.1) is 5.92 Å². The third-order valence-corrected chi connectivity index (χ3v) is 4.72. The monoisotopic (exact) mass is 295 g/mol. The van der Waals surface area contributed by atoms with Gasteiger partial charge in [-0.2, -0.15) is 0 Å². The molecule has 1 N–H and O–H groups in total. The molecule has 1 aliphatic carbocycles. The van der Waals surface area contributed by atoms with Crippen LogP contribution < -0.4 is 10.2 Å². The highest BCUT2D eigenvalue weighted by Gasteiger charge is 2.22. The maximum atomic E-state index is 6.22. The molecule has 20 heavy (non-hydrogen) atoms. The van der Waals surface area contributed by atoms with E-state index in [0.29, 0.717) is 6.04 Å². The van der Waals surface area contributed by atoms with Crippen molar-refractivity contribution in [3.63, 3.8) is 0 Å². The first-order valence-electron chi connectivity index (χ1n) is 7.69. The summed E-state index contributed by atoms with van der Waals surface area (Å²) in [6.45, 7) is 6.21. The lowest BCUT2D eigenvalue weighted by molar-refractivity contribution is 0.340. The van der Waals surface area contributed by atoms with E-state index in [0.717, 1.165) is 35.4 Å². The Hall–Kier alpha value is -0.800. The topological polar surface area (TPSA) is 28.2 Å². The molecule has 1 aliphatic rings. The Morgan fingerprint density at radius 1 is 1.35 bits per heavy atom. The van der Waals surface area contributed by atoms with Crippen LogP contribution in [0.1, 0.15) is 45.1 Å². The van der Waals surface area contributed by atoms with Gasteiger partial charge in [0.1, 0.15) is 5.82 Å². The lowest BCUT2D eigenvalue weighted by Gasteiger charge is -2.34. The Morgan fingerprint density at radius 2 is 2.05 bits per heavy atom. The van der Waals surface area contributed by atoms with Crippen molar-refractivity contribution in [3.8, 4) is 0 Å². The summed E-state index contributed by atoms with van der Waals surface area (Å²) in [5.41, 5.74) is 1.13. The Labute approximate surface area is 127 Å². The van der Waals surface area contributed by atoms with Gasteiger partial charge in [-0.25, -0.2) is 4.98 Å². The molecule has 0 amide bonds. The number of halogens is 1. The molecule has 0 saturated heterocycles. The molecule has 3 nitrogen and oxygen atoms in total. The third kappa shape index (κ3) is 3.86. The van der Waals surface area contributed by atoms with Gasteiger partial charge in [-0.1, -0.05) is 25.4 Å². The van der Waals surface area contributed by atoms with Crippen LogP contribution in [-0.2, 0) is 6.54 Å². The Kier molecular flexibility index (Phi) is 5.67. The fourth-order valence-electron chi connectivity index (χ4n) is 2.87. The van der Waals surface area contributed by atoms with Gasteiger partial charge in [0, 0.05) is 25.8 Å². The van der Waals surface area contributed by atoms with E-state index >= 15 is 0 Å². The average Bonchev–Trinajstić information content (AvgIpc) is 2.46. The molecular weight excluding hydrogens is 270 g/mol. The van der Waals surface area contributed by atoms with Crippen LogP contribution >= 0.6 is 11.6 Å². The van der Waals surface area contributed by atoms with Crippen molar-refractivity contribution in [1.82, 2.24) is 10.3 Å². The molecule has 0 atom stereocenters. The second-order valence-corrected chi connectivity index (χ2v) is 6.35. The number of nitrogens with zero attached hydrogens (tertiary/aromatic N) is 2. The number of pyridine rings is 1. The van der Waals surface area contributed by atoms with Gasteiger partial charge in [-0.05, 0) is 49.8 Å². The van der Waals surface area contributed by atoms with E-state index in [1.807, 2.05) is 0 Å². The molecule has 0 aliphatic heterocycles. The van der Waals surface area contributed by atoms with Gasteiger partial charge in [0.25, 0.3) is 0 Å². The minimum atomic E-state index is 0.617. The summed E-state index contributed by atoms with van der Waals surface area (Å²) in [4.78, 5) is 6.84. The summed E-state index contributed by atoms with van der Waals surface area (Å²) in [7, 11) is 2.16. The van der Waals surface area contributed by atoms with Gasteiger partial charge in [0.05, 0.1) is 5.02 Å². The molecule has 1 fully saturated rings. The summed E-state index contributed by atoms with van der Waals surface area (Å²) in [5.74, 6) is 1.92. The van der Waals surface area contributed by atoms with Gasteiger partial charge in [0.2, 0.25) is 0 Å². The standard InChI is InChI=1S/C16H26ClN3/c1-4-18-10-13-9-16(19-11-15(13)17)20(3)14-7-5-12(2)6-8-14/h9,11-12,14,18H,4-8,10H2,1-3H3. The summed E-state index contributed by atoms with van der Waals surface area (Å²) in [6.07, 6.45) is 6.97. The van der Waals surface area contributed by atoms with Crippen molar-refractivity contribution in [2.24, 2.45) is 5.92 Å². The number of hydrogen-bond donors (Lipinski definition) is 1. The normalized spacial score (nSPS) is 22.8. The SMILES string of the molecule is CCNCc1cc(N(C)C2CCC(C)CC2)ncc1Cl. The van der Waals surface area contributed by atoms with Gasteiger partial charge in [-0.15, -0.1) is 0 Å². The molecule has 1 aromatic heterocycles. The fourth-order valence-corrected chi connectivity index (χ4v) is 3.04. The number of nitrogens with one attached hydrogen (secondary N) is 1. The van der Waals surface area contributed by atoms with Crippen molar-refractivity contribution in [1.29, 1.82) is 0 Å². The average molecular weight is 296 g/mol. The molecule has 0 unspecified atom stereocenters. The molecule has 1 aromatic rings. The summed E-state index contributed by atoms with van der Waals surface area (Å²) in [5, 5.41) is 4.08. The quantitative estimate of drug-likeness (QED) is 0.894. The highest BCUT2D eigenvalue weighted by molar-refractivity contribution is 6.31. The first-order valence-corrected chi connectivity index (χ1v) is 8.07. The highest BCUT2D eigenvalue weighted by atomic mass is 35.5. The lowest BCUT2D eigenvalue weighted by atomic mass is 9.87. The van der Waals surface area contributed by atoms with Crippen LogP contribution in [0.3, 0.4) is 0 Å². The fraction of sp³-hybridized carbons (Fsp3) is 0.688. The van der Waals surface area contributed by atoms with E-state index in [9.17, 15) is 0 Å². The van der Waals surface area contributed by atoms with Crippen molar-refractivity contribution >= 4 is 17.4 Å². The zero-order chi connectivity index (χ0) is 14.5. The Morgan fingerprint density at radius 3 is 2.70 bits per heavy atom. The van der Waals surface area contributed by atoms with Crippen LogP contribution in [0.15, 0.2) is 12.3 Å². The third-order valence-electron chi connectivity index (χ3n) is 4.38. The number of hydrogen-bond acceptors (Lipinski definition) is 3. The number of anilines is 1. The smallest absolute Gasteiger partial charge is 0.128 e. The van der Waals surface area contributed by atoms with Crippen molar-refractivity contribution in [3.05, 3.63) is 22.8 Å². The van der Waals surface area contributed by atoms with Gasteiger partial charge in [-0.3, -0.25) is 0 Å². The predicted octanol–water partition coefficient (Wildman–Crippen LogP) is 3.86. The van der Waals surface area contributed by atoms with Gasteiger partial charge in [0.15, 0.2) is 0 Å². The van der Waals surface area contributed by atoms with E-state index in [1.54, 1.807) is 6.20 Å². The van der Waals surface area contributed by atoms with E-state index in [1.165, 1.54) is 25.7 Å². The van der Waals surface area contributed by atoms with E-state index in [2.05, 4.69) is 42.2 Å². The van der Waals surface area contributed by atoms with Gasteiger partial charge < -0.3 is 10.2 Å². The second kappa shape index (κ2) is 7.28. The minimum absolute atomic E-state index is 0.617.